The second kappa shape index (κ2) is 14.0. The molecule has 0 unspecified atom stereocenters. The maximum Gasteiger partial charge on any atom is 0.261 e. The van der Waals surface area contributed by atoms with Crippen LogP contribution in [0.25, 0.3) is 0 Å². The fraction of sp³-hybridized carbons (Fsp3) is 0.355. The molecule has 1 atom stereocenters. The molecule has 0 fully saturated rings. The average Bonchev–Trinajstić information content (AvgIpc) is 2.89. The molecule has 1 N–H and O–H groups in total. The van der Waals surface area contributed by atoms with Gasteiger partial charge in [0.15, 0.2) is 6.61 Å². The van der Waals surface area contributed by atoms with Crippen molar-refractivity contribution in [2.45, 2.75) is 53.1 Å². The van der Waals surface area contributed by atoms with Gasteiger partial charge in [0.25, 0.3) is 5.91 Å². The van der Waals surface area contributed by atoms with Crippen molar-refractivity contribution in [1.82, 2.24) is 10.2 Å². The molecule has 0 bridgehead atoms. The number of rotatable bonds is 12. The minimum Gasteiger partial charge on any atom is -0.483 e. The zero-order valence-corrected chi connectivity index (χ0v) is 23.8. The van der Waals surface area contributed by atoms with Gasteiger partial charge in [-0.3, -0.25) is 9.59 Å². The van der Waals surface area contributed by atoms with Crippen molar-refractivity contribution in [2.24, 2.45) is 5.92 Å². The number of aryl methyl sites for hydroxylation is 2. The van der Waals surface area contributed by atoms with E-state index in [1.165, 1.54) is 5.56 Å². The van der Waals surface area contributed by atoms with Crippen LogP contribution in [-0.4, -0.2) is 35.9 Å². The molecule has 6 heteroatoms. The summed E-state index contributed by atoms with van der Waals surface area (Å²) in [5.41, 5.74) is 4.24. The van der Waals surface area contributed by atoms with E-state index in [1.807, 2.05) is 79.7 Å². The van der Waals surface area contributed by atoms with Crippen LogP contribution in [0.1, 0.15) is 43.0 Å². The van der Waals surface area contributed by atoms with Gasteiger partial charge in [0.1, 0.15) is 11.8 Å². The molecule has 3 rings (SSSR count). The first-order valence-electron chi connectivity index (χ1n) is 12.8. The van der Waals surface area contributed by atoms with E-state index in [2.05, 4.69) is 42.0 Å². The Hall–Kier alpha value is -3.12. The Morgan fingerprint density at radius 2 is 1.68 bits per heavy atom. The molecular weight excluding hydrogens is 528 g/mol. The quantitative estimate of drug-likeness (QED) is 0.288. The van der Waals surface area contributed by atoms with Crippen molar-refractivity contribution in [3.8, 4) is 5.75 Å². The predicted octanol–water partition coefficient (Wildman–Crippen LogP) is 6.11. The van der Waals surface area contributed by atoms with Gasteiger partial charge >= 0.3 is 0 Å². The molecule has 0 aliphatic heterocycles. The van der Waals surface area contributed by atoms with E-state index in [1.54, 1.807) is 4.90 Å². The van der Waals surface area contributed by atoms with Gasteiger partial charge in [0, 0.05) is 19.5 Å². The predicted molar refractivity (Wildman–Crippen MR) is 153 cm³/mol. The summed E-state index contributed by atoms with van der Waals surface area (Å²) in [4.78, 5) is 28.9. The maximum absolute atomic E-state index is 13.7. The van der Waals surface area contributed by atoms with Crippen LogP contribution >= 0.6 is 15.9 Å². The van der Waals surface area contributed by atoms with Crippen LogP contribution in [-0.2, 0) is 29.0 Å². The molecule has 0 aromatic heterocycles. The summed E-state index contributed by atoms with van der Waals surface area (Å²) < 4.78 is 6.76. The van der Waals surface area contributed by atoms with Gasteiger partial charge in [0.2, 0.25) is 5.91 Å². The monoisotopic (exact) mass is 564 g/mol. The van der Waals surface area contributed by atoms with Gasteiger partial charge in [0.05, 0.1) is 4.47 Å². The Balaban J connectivity index is 1.91. The van der Waals surface area contributed by atoms with E-state index in [9.17, 15) is 9.59 Å². The average molecular weight is 566 g/mol. The first kappa shape index (κ1) is 28.5. The zero-order valence-electron chi connectivity index (χ0n) is 22.2. The van der Waals surface area contributed by atoms with Gasteiger partial charge in [-0.1, -0.05) is 81.4 Å². The Kier molecular flexibility index (Phi) is 10.8. The third kappa shape index (κ3) is 8.46. The van der Waals surface area contributed by atoms with Crippen LogP contribution in [0.5, 0.6) is 5.75 Å². The van der Waals surface area contributed by atoms with Crippen molar-refractivity contribution in [1.29, 1.82) is 0 Å². The number of hydrogen-bond acceptors (Lipinski definition) is 3. The number of carbonyl (C=O) groups excluding carboxylic acids is 2. The zero-order chi connectivity index (χ0) is 26.8. The van der Waals surface area contributed by atoms with Crippen molar-refractivity contribution in [3.63, 3.8) is 0 Å². The Labute approximate surface area is 229 Å². The molecule has 0 aliphatic carbocycles. The normalized spacial score (nSPS) is 11.7. The highest BCUT2D eigenvalue weighted by Crippen LogP contribution is 2.26. The third-order valence-corrected chi connectivity index (χ3v) is 6.93. The number of amides is 2. The number of nitrogens with zero attached hydrogens (tertiary/aromatic N) is 1. The molecule has 0 aliphatic rings. The summed E-state index contributed by atoms with van der Waals surface area (Å²) in [6.45, 7) is 8.91. The number of ether oxygens (including phenoxy) is 1. The molecule has 0 radical (unpaired) electrons. The largest absolute Gasteiger partial charge is 0.483 e. The van der Waals surface area contributed by atoms with Gasteiger partial charge in [-0.05, 0) is 69.6 Å². The highest BCUT2D eigenvalue weighted by atomic mass is 79.9. The highest BCUT2D eigenvalue weighted by molar-refractivity contribution is 9.10. The second-order valence-electron chi connectivity index (χ2n) is 9.70. The van der Waals surface area contributed by atoms with Crippen molar-refractivity contribution in [2.75, 3.05) is 13.2 Å². The molecule has 37 heavy (non-hydrogen) atoms. The molecule has 0 saturated heterocycles. The minimum absolute atomic E-state index is 0.159. The van der Waals surface area contributed by atoms with Gasteiger partial charge in [-0.2, -0.15) is 0 Å². The number of halogens is 1. The summed E-state index contributed by atoms with van der Waals surface area (Å²) in [5, 5.41) is 3.05. The first-order chi connectivity index (χ1) is 17.8. The number of nitrogens with one attached hydrogen (secondary N) is 1. The van der Waals surface area contributed by atoms with E-state index in [0.717, 1.165) is 27.6 Å². The number of benzene rings is 3. The fourth-order valence-electron chi connectivity index (χ4n) is 4.05. The van der Waals surface area contributed by atoms with Gasteiger partial charge in [-0.15, -0.1) is 0 Å². The summed E-state index contributed by atoms with van der Waals surface area (Å²) in [7, 11) is 0. The van der Waals surface area contributed by atoms with E-state index in [4.69, 9.17) is 4.74 Å². The SMILES string of the molecule is CCc1ccc(OCC(=O)N(Cc2ccccc2C)[C@H](Cc2ccccc2)C(=O)NCC(C)C)c(Br)c1. The van der Waals surface area contributed by atoms with E-state index in [-0.39, 0.29) is 18.4 Å². The van der Waals surface area contributed by atoms with Crippen LogP contribution in [0.4, 0.5) is 0 Å². The highest BCUT2D eigenvalue weighted by Gasteiger charge is 2.31. The summed E-state index contributed by atoms with van der Waals surface area (Å²) in [5.74, 6) is 0.502. The number of hydrogen-bond donors (Lipinski definition) is 1. The van der Waals surface area contributed by atoms with Crippen LogP contribution in [0.2, 0.25) is 0 Å². The number of carbonyl (C=O) groups is 2. The van der Waals surface area contributed by atoms with Gasteiger partial charge < -0.3 is 15.0 Å². The van der Waals surface area contributed by atoms with E-state index < -0.39 is 6.04 Å². The summed E-state index contributed by atoms with van der Waals surface area (Å²) in [6, 6.07) is 23.0. The Morgan fingerprint density at radius 3 is 2.32 bits per heavy atom. The van der Waals surface area contributed by atoms with E-state index in [0.29, 0.717) is 31.2 Å². The van der Waals surface area contributed by atoms with Crippen LogP contribution in [0.15, 0.2) is 77.3 Å². The molecule has 5 nitrogen and oxygen atoms in total. The molecule has 3 aromatic rings. The lowest BCUT2D eigenvalue weighted by Gasteiger charge is -2.32. The molecule has 0 heterocycles. The van der Waals surface area contributed by atoms with Gasteiger partial charge in [-0.25, -0.2) is 0 Å². The van der Waals surface area contributed by atoms with Crippen LogP contribution < -0.4 is 10.1 Å². The molecule has 3 aromatic carbocycles. The fourth-order valence-corrected chi connectivity index (χ4v) is 4.59. The molecular formula is C31H37BrN2O3. The second-order valence-corrected chi connectivity index (χ2v) is 10.6. The summed E-state index contributed by atoms with van der Waals surface area (Å²) >= 11 is 3.55. The lowest BCUT2D eigenvalue weighted by atomic mass is 10.0. The van der Waals surface area contributed by atoms with E-state index >= 15 is 0 Å². The smallest absolute Gasteiger partial charge is 0.261 e. The topological polar surface area (TPSA) is 58.6 Å². The van der Waals surface area contributed by atoms with Crippen molar-refractivity contribution < 1.29 is 14.3 Å². The van der Waals surface area contributed by atoms with Crippen LogP contribution in [0, 0.1) is 12.8 Å². The van der Waals surface area contributed by atoms with Crippen LogP contribution in [0.3, 0.4) is 0 Å². The van der Waals surface area contributed by atoms with Crippen molar-refractivity contribution in [3.05, 3.63) is 99.5 Å². The Bertz CT molecular complexity index is 1180. The minimum atomic E-state index is -0.678. The summed E-state index contributed by atoms with van der Waals surface area (Å²) in [6.07, 6.45) is 1.33. The molecule has 0 saturated carbocycles. The Morgan fingerprint density at radius 1 is 0.973 bits per heavy atom. The standard InChI is InChI=1S/C31H37BrN2O3/c1-5-24-15-16-29(27(32)17-24)37-21-30(35)34(20-26-14-10-9-11-23(26)4)28(31(36)33-19-22(2)3)18-25-12-7-6-8-13-25/h6-17,22,28H,5,18-21H2,1-4H3,(H,33,36)/t28-/m1/s1. The third-order valence-electron chi connectivity index (χ3n) is 6.31. The molecule has 196 valence electrons. The maximum atomic E-state index is 13.7. The lowest BCUT2D eigenvalue weighted by molar-refractivity contribution is -0.142. The molecule has 0 spiro atoms. The first-order valence-corrected chi connectivity index (χ1v) is 13.6. The molecule has 2 amide bonds. The lowest BCUT2D eigenvalue weighted by Crippen LogP contribution is -2.52. The van der Waals surface area contributed by atoms with Crippen molar-refractivity contribution >= 4 is 27.7 Å².